The van der Waals surface area contributed by atoms with Crippen LogP contribution in [0.2, 0.25) is 0 Å². The first-order valence-electron chi connectivity index (χ1n) is 42.0. The molecule has 11 rings (SSSR count). The minimum atomic E-state index is -5.79. The van der Waals surface area contributed by atoms with Crippen LogP contribution >= 0.6 is 0 Å². The molecule has 8 bridgehead atoms. The van der Waals surface area contributed by atoms with Crippen molar-refractivity contribution < 1.29 is 194 Å². The Morgan fingerprint density at radius 3 is 1.37 bits per heavy atom. The van der Waals surface area contributed by atoms with E-state index < -0.39 is 232 Å². The molecule has 11 fully saturated rings. The summed E-state index contributed by atoms with van der Waals surface area (Å²) in [7, 11) is 1.31. The van der Waals surface area contributed by atoms with Crippen LogP contribution in [0.3, 0.4) is 0 Å². The van der Waals surface area contributed by atoms with Crippen LogP contribution in [0.5, 0.6) is 0 Å². The SMILES string of the molecule is CCC(C)(C)C(=O)OC(C)C(F)(F)F.CCC(C)(C)C(=O)OC1C2CC3C(=O)OC1C3O2.CCC(C)(C)C(=O)OC1C2CC3C1OC(=O)C3(C(=O)OC(C)C(F)(F)F)C2.CCC(C)(C)C(=O)OC1C2CC3C1OC(=O)C3C2C(=O)OC.CCC(C)(C)C(=O)OC1CC2CC1CC2CC(O)(C(F)(F)F)C(F)(F)F.CCC(C)(C)C(=O)OCC(F)(F)CC(F)(F)C(F)F. The summed E-state index contributed by atoms with van der Waals surface area (Å²) in [5, 5.41) is 9.39. The molecule has 22 unspecified atom stereocenters. The highest BCUT2D eigenvalue weighted by Gasteiger charge is 2.77. The number of carbonyl (C=O) groups is 11. The number of alkyl halides is 18. The monoisotopic (exact) mass is 1850 g/mol. The Kier molecular flexibility index (Phi) is 33.1. The van der Waals surface area contributed by atoms with Crippen molar-refractivity contribution in [2.45, 2.75) is 351 Å². The van der Waals surface area contributed by atoms with Gasteiger partial charge in [-0.1, -0.05) is 41.5 Å². The summed E-state index contributed by atoms with van der Waals surface area (Å²) in [6, 6.07) is 0. The summed E-state index contributed by atoms with van der Waals surface area (Å²) in [6.07, 6.45) is -31.6. The second-order valence-electron chi connectivity index (χ2n) is 38.4. The molecule has 0 spiro atoms. The fourth-order valence-corrected chi connectivity index (χ4v) is 16.5. The summed E-state index contributed by atoms with van der Waals surface area (Å²) < 4.78 is 288. The van der Waals surface area contributed by atoms with Gasteiger partial charge in [-0.15, -0.1) is 0 Å². The van der Waals surface area contributed by atoms with Gasteiger partial charge in [0.1, 0.15) is 36.6 Å². The van der Waals surface area contributed by atoms with Crippen LogP contribution in [0.1, 0.15) is 235 Å². The normalized spacial score (nSPS) is 30.2. The first-order chi connectivity index (χ1) is 57.2. The summed E-state index contributed by atoms with van der Waals surface area (Å²) in [5.74, 6) is -19.2. The summed E-state index contributed by atoms with van der Waals surface area (Å²) in [4.78, 5) is 132. The highest BCUT2D eigenvalue weighted by atomic mass is 19.4. The molecule has 6 saturated carbocycles. The van der Waals surface area contributed by atoms with Gasteiger partial charge >= 0.3 is 103 Å². The van der Waals surface area contributed by atoms with Gasteiger partial charge in [0.25, 0.3) is 11.5 Å². The molecule has 0 amide bonds. The second kappa shape index (κ2) is 38.7. The van der Waals surface area contributed by atoms with Gasteiger partial charge in [0.05, 0.1) is 69.9 Å². The molecule has 22 atom stereocenters. The number of halogens is 18. The lowest BCUT2D eigenvalue weighted by Crippen LogP contribution is -2.58. The average molecular weight is 1850 g/mol. The van der Waals surface area contributed by atoms with Gasteiger partial charge in [0, 0.05) is 23.7 Å². The second-order valence-corrected chi connectivity index (χ2v) is 38.4. The quantitative estimate of drug-likeness (QED) is 0.0345. The van der Waals surface area contributed by atoms with E-state index in [1.54, 1.807) is 55.4 Å². The van der Waals surface area contributed by atoms with Crippen molar-refractivity contribution >= 4 is 65.7 Å². The van der Waals surface area contributed by atoms with E-state index >= 15 is 0 Å². The molecule has 1 N–H and O–H groups in total. The van der Waals surface area contributed by atoms with Crippen LogP contribution in [0.4, 0.5) is 79.0 Å². The molecule has 0 aromatic carbocycles. The molecule has 5 heterocycles. The summed E-state index contributed by atoms with van der Waals surface area (Å²) >= 11 is 0. The number of hydrogen-bond acceptors (Lipinski definition) is 24. The zero-order valence-electron chi connectivity index (χ0n) is 74.2. The summed E-state index contributed by atoms with van der Waals surface area (Å²) in [5.41, 5.74) is -10.8. The number of rotatable bonds is 27. The molecule has 11 aliphatic rings. The van der Waals surface area contributed by atoms with Crippen LogP contribution in [-0.4, -0.2) is 200 Å². The molecule has 0 radical (unpaired) electrons. The number of carbonyl (C=O) groups excluding carboxylic acids is 11. The number of esters is 11. The Morgan fingerprint density at radius 1 is 0.476 bits per heavy atom. The van der Waals surface area contributed by atoms with E-state index in [0.29, 0.717) is 64.2 Å². The number of methoxy groups -OCH3 is 1. The Balaban J connectivity index is 0.000000236. The van der Waals surface area contributed by atoms with Crippen molar-refractivity contribution in [3.05, 3.63) is 0 Å². The number of fused-ring (bicyclic) bond motifs is 5. The molecule has 724 valence electrons. The maximum Gasteiger partial charge on any atom is 0.426 e. The van der Waals surface area contributed by atoms with E-state index in [2.05, 4.69) is 14.2 Å². The first kappa shape index (κ1) is 108. The zero-order valence-corrected chi connectivity index (χ0v) is 74.2. The van der Waals surface area contributed by atoms with E-state index in [-0.39, 0.29) is 84.9 Å². The predicted molar refractivity (Wildman–Crippen MR) is 400 cm³/mol. The minimum Gasteiger partial charge on any atom is -0.469 e. The fraction of sp³-hybridized carbons (Fsp3) is 0.869. The van der Waals surface area contributed by atoms with Gasteiger partial charge in [0.15, 0.2) is 36.4 Å². The van der Waals surface area contributed by atoms with E-state index in [1.165, 1.54) is 21.0 Å². The van der Waals surface area contributed by atoms with E-state index in [4.69, 9.17) is 42.6 Å². The van der Waals surface area contributed by atoms with Gasteiger partial charge in [0.2, 0.25) is 0 Å². The van der Waals surface area contributed by atoms with Gasteiger partial charge in [-0.05, 0) is 205 Å². The Labute approximate surface area is 718 Å². The maximum absolute atomic E-state index is 13.0. The van der Waals surface area contributed by atoms with E-state index in [0.717, 1.165) is 13.8 Å². The van der Waals surface area contributed by atoms with Crippen LogP contribution in [-0.2, 0) is 110 Å². The molecular formula is C84H118F18O24. The average Bonchev–Trinajstić information content (AvgIpc) is 1.59. The topological polar surface area (TPSA) is 319 Å². The van der Waals surface area contributed by atoms with Gasteiger partial charge in [-0.3, -0.25) is 52.7 Å². The zero-order chi connectivity index (χ0) is 96.9. The first-order valence-corrected chi connectivity index (χ1v) is 42.0. The van der Waals surface area contributed by atoms with Gasteiger partial charge < -0.3 is 61.9 Å². The molecular weight excluding hydrogens is 1730 g/mol. The standard InChI is InChI=1S/C18H23F3O6.C17H24F6O3.C16H22O6.C13H18O5.C11H16F6O2.C9H15F3O2/c1-5-16(3,4)13(22)26-11-9-6-10-12(11)27-15(24)17(10,7-9)14(23)25-8(2)18(19,20)21;1-4-14(2,3)13(24)26-12-7-9-5-10(12)6-11(9)8-15(25,16(18,19)20)17(21,22)23;1-5-16(2,3)15(19)22-12-7-6-8-10(9(7)13(17)20-4)14(18)21-11(8)12;1-4-13(2,3)12(15)18-9-7-5-6-8(16-7)10(9)17-11(6)14;1-4-9(2,3)8(18)19-6-10(14,15)5-11(16,17)7(12)13;1-5-8(3,4)7(13)14-6(2)9(10,11)12/h8-12H,5-7H2,1-4H3;9-12,25H,4-8H2,1-3H3;7-12H,5-6H2,1-4H3;6-10H,4-5H2,1-3H3;7H,4-6H2,1-3H3;6H,5H2,1-4H3. The fourth-order valence-electron chi connectivity index (χ4n) is 16.5. The molecule has 126 heavy (non-hydrogen) atoms. The van der Waals surface area contributed by atoms with E-state index in [1.807, 2.05) is 55.4 Å². The highest BCUT2D eigenvalue weighted by molar-refractivity contribution is 6.03. The minimum absolute atomic E-state index is 0.0269. The van der Waals surface area contributed by atoms with Crippen molar-refractivity contribution in [1.29, 1.82) is 0 Å². The Morgan fingerprint density at radius 2 is 0.921 bits per heavy atom. The maximum atomic E-state index is 13.0. The van der Waals surface area contributed by atoms with Crippen molar-refractivity contribution in [2.24, 2.45) is 97.1 Å². The molecule has 24 nitrogen and oxygen atoms in total. The predicted octanol–water partition coefficient (Wildman–Crippen LogP) is 16.6. The largest absolute Gasteiger partial charge is 0.469 e. The van der Waals surface area contributed by atoms with Gasteiger partial charge in [-0.25, -0.2) is 26.3 Å². The smallest absolute Gasteiger partial charge is 0.426 e. The third kappa shape index (κ3) is 23.0. The molecule has 5 aliphatic heterocycles. The van der Waals surface area contributed by atoms with Crippen LogP contribution in [0.25, 0.3) is 0 Å². The van der Waals surface area contributed by atoms with Crippen molar-refractivity contribution in [2.75, 3.05) is 13.7 Å². The molecule has 0 aromatic rings. The molecule has 6 aliphatic carbocycles. The summed E-state index contributed by atoms with van der Waals surface area (Å²) in [6.45, 7) is 31.0. The lowest BCUT2D eigenvalue weighted by Gasteiger charge is -2.37. The lowest BCUT2D eigenvalue weighted by molar-refractivity contribution is -0.373. The Bertz CT molecular complexity index is 3900. The van der Waals surface area contributed by atoms with Crippen LogP contribution in [0, 0.1) is 97.1 Å². The van der Waals surface area contributed by atoms with Crippen LogP contribution < -0.4 is 0 Å². The molecule has 0 aromatic heterocycles. The molecule has 42 heteroatoms. The third-order valence-electron chi connectivity index (χ3n) is 27.5. The van der Waals surface area contributed by atoms with E-state index in [9.17, 15) is 137 Å². The third-order valence-corrected chi connectivity index (χ3v) is 27.5. The lowest BCUT2D eigenvalue weighted by atomic mass is 9.73. The van der Waals surface area contributed by atoms with Crippen molar-refractivity contribution in [1.82, 2.24) is 0 Å². The van der Waals surface area contributed by atoms with Crippen LogP contribution in [0.15, 0.2) is 0 Å². The highest BCUT2D eigenvalue weighted by Crippen LogP contribution is 2.64. The van der Waals surface area contributed by atoms with Crippen molar-refractivity contribution in [3.63, 3.8) is 0 Å². The number of hydrogen-bond donors (Lipinski definition) is 1. The number of ether oxygens (including phenoxy) is 12. The van der Waals surface area contributed by atoms with Gasteiger partial charge in [-0.2, -0.15) is 52.7 Å². The molecule has 5 saturated heterocycles. The van der Waals surface area contributed by atoms with Crippen molar-refractivity contribution in [3.8, 4) is 0 Å². The Hall–Kier alpha value is -7.17. The number of aliphatic hydroxyl groups is 1.